The Hall–Kier alpha value is -2.69. The molecule has 1 aromatic carbocycles. The number of fused-ring (bicyclic) bond motifs is 1. The number of anilines is 1. The highest BCUT2D eigenvalue weighted by molar-refractivity contribution is 5.90. The maximum atomic E-state index is 13.4. The van der Waals surface area contributed by atoms with Gasteiger partial charge in [0.15, 0.2) is 5.75 Å². The number of aryl methyl sites for hydroxylation is 1. The van der Waals surface area contributed by atoms with Crippen LogP contribution in [-0.4, -0.2) is 17.2 Å². The van der Waals surface area contributed by atoms with Crippen molar-refractivity contribution in [3.8, 4) is 11.5 Å². The minimum Gasteiger partial charge on any atom is -0.482 e. The number of aromatic nitrogens is 1. The molecule has 5 nitrogen and oxygen atoms in total. The van der Waals surface area contributed by atoms with Crippen LogP contribution in [-0.2, 0) is 6.54 Å². The van der Waals surface area contributed by atoms with Gasteiger partial charge in [0, 0.05) is 30.6 Å². The van der Waals surface area contributed by atoms with E-state index in [9.17, 15) is 4.79 Å². The van der Waals surface area contributed by atoms with Crippen molar-refractivity contribution in [1.82, 2.24) is 4.57 Å². The number of hydrogen-bond donors (Lipinski definition) is 1. The Bertz CT molecular complexity index is 926. The van der Waals surface area contributed by atoms with Crippen LogP contribution < -0.4 is 20.3 Å². The van der Waals surface area contributed by atoms with Crippen molar-refractivity contribution in [2.75, 3.05) is 11.9 Å². The Labute approximate surface area is 174 Å². The summed E-state index contributed by atoms with van der Waals surface area (Å²) in [4.78, 5) is 13.4. The lowest BCUT2D eigenvalue weighted by Gasteiger charge is -2.21. The number of ether oxygens (including phenoxy) is 2. The number of unbranched alkanes of at least 4 members (excludes halogenated alkanes) is 1. The lowest BCUT2D eigenvalue weighted by molar-refractivity contribution is 0.226. The van der Waals surface area contributed by atoms with Gasteiger partial charge >= 0.3 is 0 Å². The van der Waals surface area contributed by atoms with Crippen molar-refractivity contribution >= 4 is 16.6 Å². The first-order chi connectivity index (χ1) is 14.0. The SMILES string of the molecule is C=CCNc1ccc2c(OC(=CC)CC)c(OC(C)C)c(=O)n(CCCC)c2c1. The molecular formula is C24H34N2O3. The second kappa shape index (κ2) is 10.7. The van der Waals surface area contributed by atoms with Gasteiger partial charge in [-0.3, -0.25) is 4.79 Å². The van der Waals surface area contributed by atoms with Crippen LogP contribution in [0.2, 0.25) is 0 Å². The summed E-state index contributed by atoms with van der Waals surface area (Å²) in [6.45, 7) is 15.0. The summed E-state index contributed by atoms with van der Waals surface area (Å²) in [7, 11) is 0. The highest BCUT2D eigenvalue weighted by Crippen LogP contribution is 2.36. The lowest BCUT2D eigenvalue weighted by Crippen LogP contribution is -2.25. The van der Waals surface area contributed by atoms with Gasteiger partial charge < -0.3 is 19.4 Å². The smallest absolute Gasteiger partial charge is 0.297 e. The van der Waals surface area contributed by atoms with E-state index in [2.05, 4.69) is 18.8 Å². The Morgan fingerprint density at radius 1 is 1.28 bits per heavy atom. The molecular weight excluding hydrogens is 364 g/mol. The molecule has 0 aliphatic carbocycles. The van der Waals surface area contributed by atoms with E-state index in [1.54, 1.807) is 0 Å². The van der Waals surface area contributed by atoms with Crippen molar-refractivity contribution in [2.24, 2.45) is 0 Å². The van der Waals surface area contributed by atoms with Crippen LogP contribution in [0.15, 0.2) is 47.5 Å². The summed E-state index contributed by atoms with van der Waals surface area (Å²) in [5, 5.41) is 4.17. The Kier molecular flexibility index (Phi) is 8.37. The third-order valence-corrected chi connectivity index (χ3v) is 4.62. The largest absolute Gasteiger partial charge is 0.482 e. The summed E-state index contributed by atoms with van der Waals surface area (Å²) >= 11 is 0. The van der Waals surface area contributed by atoms with Crippen molar-refractivity contribution in [3.63, 3.8) is 0 Å². The van der Waals surface area contributed by atoms with Crippen molar-refractivity contribution in [2.45, 2.75) is 66.5 Å². The molecule has 0 aliphatic heterocycles. The molecule has 0 aliphatic rings. The zero-order valence-electron chi connectivity index (χ0n) is 18.4. The van der Waals surface area contributed by atoms with Crippen LogP contribution in [0.3, 0.4) is 0 Å². The average molecular weight is 399 g/mol. The number of nitrogens with zero attached hydrogens (tertiary/aromatic N) is 1. The fourth-order valence-corrected chi connectivity index (χ4v) is 3.14. The molecule has 5 heteroatoms. The van der Waals surface area contributed by atoms with Gasteiger partial charge in [0.25, 0.3) is 5.56 Å². The zero-order valence-corrected chi connectivity index (χ0v) is 18.4. The van der Waals surface area contributed by atoms with Gasteiger partial charge in [0.2, 0.25) is 5.75 Å². The number of allylic oxidation sites excluding steroid dienone is 2. The molecule has 0 unspecified atom stereocenters. The number of pyridine rings is 1. The fourth-order valence-electron chi connectivity index (χ4n) is 3.14. The first-order valence-corrected chi connectivity index (χ1v) is 10.5. The van der Waals surface area contributed by atoms with Gasteiger partial charge in [-0.1, -0.05) is 26.3 Å². The maximum absolute atomic E-state index is 13.4. The lowest BCUT2D eigenvalue weighted by atomic mass is 10.1. The number of benzene rings is 1. The second-order valence-corrected chi connectivity index (χ2v) is 7.25. The molecule has 0 spiro atoms. The van der Waals surface area contributed by atoms with Crippen LogP contribution in [0.1, 0.15) is 53.9 Å². The second-order valence-electron chi connectivity index (χ2n) is 7.25. The van der Waals surface area contributed by atoms with Gasteiger partial charge in [0.05, 0.1) is 17.4 Å². The molecule has 1 aromatic heterocycles. The van der Waals surface area contributed by atoms with Gasteiger partial charge in [0.1, 0.15) is 0 Å². The van der Waals surface area contributed by atoms with Crippen LogP contribution in [0.4, 0.5) is 5.69 Å². The molecule has 0 bridgehead atoms. The first-order valence-electron chi connectivity index (χ1n) is 10.5. The van der Waals surface area contributed by atoms with Gasteiger partial charge in [-0.2, -0.15) is 0 Å². The molecule has 29 heavy (non-hydrogen) atoms. The summed E-state index contributed by atoms with van der Waals surface area (Å²) in [5.74, 6) is 1.58. The van der Waals surface area contributed by atoms with Gasteiger partial charge in [-0.05, 0) is 51.5 Å². The van der Waals surface area contributed by atoms with Crippen LogP contribution in [0.25, 0.3) is 10.9 Å². The maximum Gasteiger partial charge on any atom is 0.297 e. The minimum absolute atomic E-state index is 0.133. The molecule has 0 fully saturated rings. The van der Waals surface area contributed by atoms with E-state index >= 15 is 0 Å². The predicted octanol–water partition coefficient (Wildman–Crippen LogP) is 5.88. The fraction of sp³-hybridized carbons (Fsp3) is 0.458. The molecule has 2 aromatic rings. The monoisotopic (exact) mass is 398 g/mol. The Balaban J connectivity index is 2.80. The van der Waals surface area contributed by atoms with Gasteiger partial charge in [-0.25, -0.2) is 0 Å². The molecule has 1 heterocycles. The van der Waals surface area contributed by atoms with Crippen LogP contribution in [0.5, 0.6) is 11.5 Å². The molecule has 0 radical (unpaired) electrons. The summed E-state index contributed by atoms with van der Waals surface area (Å²) in [6.07, 6.45) is 6.24. The average Bonchev–Trinajstić information content (AvgIpc) is 2.71. The third-order valence-electron chi connectivity index (χ3n) is 4.62. The summed E-state index contributed by atoms with van der Waals surface area (Å²) < 4.78 is 14.0. The third kappa shape index (κ3) is 5.43. The van der Waals surface area contributed by atoms with E-state index < -0.39 is 0 Å². The molecule has 2 rings (SSSR count). The van der Waals surface area contributed by atoms with E-state index in [1.165, 1.54) is 0 Å². The molecule has 0 atom stereocenters. The Morgan fingerprint density at radius 2 is 2.03 bits per heavy atom. The van der Waals surface area contributed by atoms with E-state index in [1.807, 2.05) is 62.6 Å². The number of hydrogen-bond acceptors (Lipinski definition) is 4. The number of rotatable bonds is 11. The van der Waals surface area contributed by atoms with E-state index in [0.29, 0.717) is 18.8 Å². The normalized spacial score (nSPS) is 11.7. The minimum atomic E-state index is -0.151. The summed E-state index contributed by atoms with van der Waals surface area (Å²) in [5.41, 5.74) is 1.63. The topological polar surface area (TPSA) is 52.5 Å². The van der Waals surface area contributed by atoms with Crippen molar-refractivity contribution < 1.29 is 9.47 Å². The van der Waals surface area contributed by atoms with Gasteiger partial charge in [-0.15, -0.1) is 6.58 Å². The highest BCUT2D eigenvalue weighted by Gasteiger charge is 2.21. The first kappa shape index (κ1) is 22.6. The number of nitrogens with one attached hydrogen (secondary N) is 1. The molecule has 158 valence electrons. The predicted molar refractivity (Wildman–Crippen MR) is 122 cm³/mol. The van der Waals surface area contributed by atoms with E-state index in [-0.39, 0.29) is 17.4 Å². The zero-order chi connectivity index (χ0) is 21.4. The van der Waals surface area contributed by atoms with Crippen LogP contribution >= 0.6 is 0 Å². The standard InChI is InChI=1S/C24H34N2O3/c1-7-11-15-26-21-16-18(25-14-8-2)12-13-20(21)22(29-19(9-3)10-4)23(24(26)27)28-17(5)6/h8-9,12-13,16-17,25H,2,7,10-11,14-15H2,1,3-6H3. The molecule has 0 saturated carbocycles. The highest BCUT2D eigenvalue weighted by atomic mass is 16.5. The molecule has 1 N–H and O–H groups in total. The molecule has 0 amide bonds. The van der Waals surface area contributed by atoms with Crippen LogP contribution in [0, 0.1) is 0 Å². The van der Waals surface area contributed by atoms with E-state index in [4.69, 9.17) is 9.47 Å². The van der Waals surface area contributed by atoms with E-state index in [0.717, 1.165) is 41.6 Å². The quantitative estimate of drug-likeness (QED) is 0.379. The molecule has 0 saturated heterocycles. The summed E-state index contributed by atoms with van der Waals surface area (Å²) in [6, 6.07) is 5.99. The van der Waals surface area contributed by atoms with Crippen molar-refractivity contribution in [3.05, 3.63) is 53.0 Å². The van der Waals surface area contributed by atoms with Crippen molar-refractivity contribution in [1.29, 1.82) is 0 Å². The Morgan fingerprint density at radius 3 is 2.62 bits per heavy atom.